The largest absolute Gasteiger partial charge is 0.492 e. The maximum atomic E-state index is 11.8. The van der Waals surface area contributed by atoms with Crippen LogP contribution in [0.4, 0.5) is 0 Å². The van der Waals surface area contributed by atoms with Gasteiger partial charge in [-0.1, -0.05) is 6.07 Å². The molecule has 4 nitrogen and oxygen atoms in total. The van der Waals surface area contributed by atoms with Crippen LogP contribution in [0.25, 0.3) is 5.69 Å². The monoisotopic (exact) mass is 272 g/mol. The van der Waals surface area contributed by atoms with Crippen molar-refractivity contribution >= 4 is 0 Å². The SMILES string of the molecule is Cc1ccc(=O)n(-c2ccc(OCCN(C)C)cc2)c1. The van der Waals surface area contributed by atoms with E-state index in [4.69, 9.17) is 4.74 Å². The third kappa shape index (κ3) is 3.71. The lowest BCUT2D eigenvalue weighted by Crippen LogP contribution is -2.19. The number of ether oxygens (including phenoxy) is 1. The van der Waals surface area contributed by atoms with Crippen molar-refractivity contribution in [2.45, 2.75) is 6.92 Å². The van der Waals surface area contributed by atoms with E-state index in [1.165, 1.54) is 0 Å². The minimum absolute atomic E-state index is 0.0307. The zero-order chi connectivity index (χ0) is 14.5. The molecule has 0 spiro atoms. The summed E-state index contributed by atoms with van der Waals surface area (Å²) in [6.45, 7) is 3.49. The molecule has 2 rings (SSSR count). The quantitative estimate of drug-likeness (QED) is 0.836. The summed E-state index contributed by atoms with van der Waals surface area (Å²) in [7, 11) is 4.02. The molecule has 0 saturated carbocycles. The fourth-order valence-electron chi connectivity index (χ4n) is 1.84. The van der Waals surface area contributed by atoms with Crippen LogP contribution >= 0.6 is 0 Å². The Morgan fingerprint density at radius 3 is 2.45 bits per heavy atom. The zero-order valence-electron chi connectivity index (χ0n) is 12.2. The Hall–Kier alpha value is -2.07. The number of likely N-dealkylation sites (N-methyl/N-ethyl adjacent to an activating group) is 1. The van der Waals surface area contributed by atoms with E-state index in [9.17, 15) is 4.79 Å². The van der Waals surface area contributed by atoms with Gasteiger partial charge in [-0.3, -0.25) is 9.36 Å². The van der Waals surface area contributed by atoms with Gasteiger partial charge in [-0.25, -0.2) is 0 Å². The van der Waals surface area contributed by atoms with Gasteiger partial charge in [0, 0.05) is 24.5 Å². The highest BCUT2D eigenvalue weighted by Gasteiger charge is 2.01. The predicted molar refractivity (Wildman–Crippen MR) is 80.8 cm³/mol. The normalized spacial score (nSPS) is 10.8. The van der Waals surface area contributed by atoms with Crippen molar-refractivity contribution in [2.24, 2.45) is 0 Å². The Labute approximate surface area is 119 Å². The summed E-state index contributed by atoms with van der Waals surface area (Å²) < 4.78 is 7.27. The fraction of sp³-hybridized carbons (Fsp3) is 0.312. The summed E-state index contributed by atoms with van der Waals surface area (Å²) in [5.41, 5.74) is 1.87. The number of pyridine rings is 1. The van der Waals surface area contributed by atoms with Gasteiger partial charge in [0.15, 0.2) is 0 Å². The van der Waals surface area contributed by atoms with Crippen LogP contribution in [-0.2, 0) is 0 Å². The van der Waals surface area contributed by atoms with Crippen LogP contribution in [0.2, 0.25) is 0 Å². The Morgan fingerprint density at radius 1 is 1.10 bits per heavy atom. The van der Waals surface area contributed by atoms with E-state index in [2.05, 4.69) is 4.90 Å². The molecule has 4 heteroatoms. The first-order valence-electron chi connectivity index (χ1n) is 6.63. The topological polar surface area (TPSA) is 34.5 Å². The average Bonchev–Trinajstić information content (AvgIpc) is 2.42. The van der Waals surface area contributed by atoms with Crippen molar-refractivity contribution in [2.75, 3.05) is 27.2 Å². The summed E-state index contributed by atoms with van der Waals surface area (Å²) in [5, 5.41) is 0. The molecule has 0 aliphatic heterocycles. The van der Waals surface area contributed by atoms with E-state index < -0.39 is 0 Å². The molecule has 0 amide bonds. The lowest BCUT2D eigenvalue weighted by atomic mass is 10.2. The predicted octanol–water partition coefficient (Wildman–Crippen LogP) is 2.09. The van der Waals surface area contributed by atoms with E-state index in [1.54, 1.807) is 10.6 Å². The van der Waals surface area contributed by atoms with Gasteiger partial charge in [-0.2, -0.15) is 0 Å². The van der Waals surface area contributed by atoms with Crippen LogP contribution in [0.1, 0.15) is 5.56 Å². The van der Waals surface area contributed by atoms with Crippen LogP contribution in [0, 0.1) is 6.92 Å². The molecule has 2 aromatic rings. The number of aryl methyl sites for hydroxylation is 1. The number of nitrogens with zero attached hydrogens (tertiary/aromatic N) is 2. The van der Waals surface area contributed by atoms with Crippen molar-refractivity contribution in [3.63, 3.8) is 0 Å². The van der Waals surface area contributed by atoms with Crippen LogP contribution in [0.15, 0.2) is 47.4 Å². The first-order chi connectivity index (χ1) is 9.56. The number of aromatic nitrogens is 1. The summed E-state index contributed by atoms with van der Waals surface area (Å²) in [6, 6.07) is 11.0. The van der Waals surface area contributed by atoms with Crippen molar-refractivity contribution < 1.29 is 4.74 Å². The van der Waals surface area contributed by atoms with E-state index in [-0.39, 0.29) is 5.56 Å². The Kier molecular flexibility index (Phi) is 4.58. The van der Waals surface area contributed by atoms with Crippen LogP contribution in [0.5, 0.6) is 5.75 Å². The van der Waals surface area contributed by atoms with Crippen LogP contribution < -0.4 is 10.3 Å². The van der Waals surface area contributed by atoms with Crippen LogP contribution in [-0.4, -0.2) is 36.7 Å². The summed E-state index contributed by atoms with van der Waals surface area (Å²) in [6.07, 6.45) is 1.84. The molecule has 0 aliphatic rings. The number of rotatable bonds is 5. The Bertz CT molecular complexity index is 615. The molecular formula is C16H20N2O2. The maximum Gasteiger partial charge on any atom is 0.255 e. The van der Waals surface area contributed by atoms with E-state index >= 15 is 0 Å². The molecule has 0 bridgehead atoms. The summed E-state index contributed by atoms with van der Waals surface area (Å²) in [5.74, 6) is 0.816. The molecule has 1 aromatic carbocycles. The Morgan fingerprint density at radius 2 is 1.80 bits per heavy atom. The lowest BCUT2D eigenvalue weighted by Gasteiger charge is -2.12. The summed E-state index contributed by atoms with van der Waals surface area (Å²) >= 11 is 0. The number of hydrogen-bond donors (Lipinski definition) is 0. The van der Waals surface area contributed by atoms with Gasteiger partial charge in [-0.05, 0) is 50.8 Å². The Balaban J connectivity index is 2.12. The van der Waals surface area contributed by atoms with Crippen molar-refractivity contribution in [1.29, 1.82) is 0 Å². The smallest absolute Gasteiger partial charge is 0.255 e. The molecular weight excluding hydrogens is 252 g/mol. The van der Waals surface area contributed by atoms with Crippen molar-refractivity contribution in [3.8, 4) is 11.4 Å². The van der Waals surface area contributed by atoms with Gasteiger partial charge in [0.25, 0.3) is 5.56 Å². The lowest BCUT2D eigenvalue weighted by molar-refractivity contribution is 0.261. The number of benzene rings is 1. The molecule has 0 fully saturated rings. The first kappa shape index (κ1) is 14.3. The van der Waals surface area contributed by atoms with E-state index in [0.717, 1.165) is 23.5 Å². The highest BCUT2D eigenvalue weighted by Crippen LogP contribution is 2.14. The van der Waals surface area contributed by atoms with Gasteiger partial charge in [0.05, 0.1) is 0 Å². The average molecular weight is 272 g/mol. The van der Waals surface area contributed by atoms with Crippen LogP contribution in [0.3, 0.4) is 0 Å². The highest BCUT2D eigenvalue weighted by molar-refractivity contribution is 5.38. The molecule has 0 unspecified atom stereocenters. The molecule has 20 heavy (non-hydrogen) atoms. The maximum absolute atomic E-state index is 11.8. The molecule has 0 radical (unpaired) electrons. The molecule has 0 saturated heterocycles. The highest BCUT2D eigenvalue weighted by atomic mass is 16.5. The van der Waals surface area contributed by atoms with Gasteiger partial charge < -0.3 is 9.64 Å². The molecule has 0 atom stereocenters. The van der Waals surface area contributed by atoms with E-state index in [1.807, 2.05) is 57.5 Å². The standard InChI is InChI=1S/C16H20N2O2/c1-13-4-9-16(19)18(12-13)14-5-7-15(8-6-14)20-11-10-17(2)3/h4-9,12H,10-11H2,1-3H3. The van der Waals surface area contributed by atoms with Gasteiger partial charge in [0.2, 0.25) is 0 Å². The van der Waals surface area contributed by atoms with Gasteiger partial charge in [-0.15, -0.1) is 0 Å². The molecule has 1 heterocycles. The molecule has 106 valence electrons. The fourth-order valence-corrected chi connectivity index (χ4v) is 1.84. The van der Waals surface area contributed by atoms with Crippen molar-refractivity contribution in [3.05, 3.63) is 58.5 Å². The molecule has 0 aliphatic carbocycles. The third-order valence-electron chi connectivity index (χ3n) is 2.98. The van der Waals surface area contributed by atoms with Gasteiger partial charge >= 0.3 is 0 Å². The van der Waals surface area contributed by atoms with Gasteiger partial charge in [0.1, 0.15) is 12.4 Å². The second kappa shape index (κ2) is 6.39. The summed E-state index contributed by atoms with van der Waals surface area (Å²) in [4.78, 5) is 13.9. The molecule has 0 N–H and O–H groups in total. The minimum atomic E-state index is -0.0307. The first-order valence-corrected chi connectivity index (χ1v) is 6.63. The zero-order valence-corrected chi connectivity index (χ0v) is 12.2. The van der Waals surface area contributed by atoms with E-state index in [0.29, 0.717) is 6.61 Å². The second-order valence-electron chi connectivity index (χ2n) is 5.06. The number of hydrogen-bond acceptors (Lipinski definition) is 3. The molecule has 1 aromatic heterocycles. The third-order valence-corrected chi connectivity index (χ3v) is 2.98. The minimum Gasteiger partial charge on any atom is -0.492 e. The van der Waals surface area contributed by atoms with Crippen molar-refractivity contribution in [1.82, 2.24) is 9.47 Å². The second-order valence-corrected chi connectivity index (χ2v) is 5.06.